The third-order valence-corrected chi connectivity index (χ3v) is 9.20. The molecule has 0 aromatic heterocycles. The summed E-state index contributed by atoms with van der Waals surface area (Å²) in [6.45, 7) is 28.9. The fraction of sp³-hybridized carbons (Fsp3) is 0.837. The molecule has 3 fully saturated rings. The van der Waals surface area contributed by atoms with E-state index in [0.717, 1.165) is 52.5 Å². The van der Waals surface area contributed by atoms with Crippen molar-refractivity contribution in [3.8, 4) is 0 Å². The minimum Gasteiger partial charge on any atom is -0.480 e. The van der Waals surface area contributed by atoms with Gasteiger partial charge in [-0.2, -0.15) is 33.1 Å². The van der Waals surface area contributed by atoms with E-state index in [2.05, 4.69) is 21.3 Å². The van der Waals surface area contributed by atoms with Gasteiger partial charge in [-0.15, -0.1) is 0 Å². The number of Topliss-reactive ketones (excluding diaryl/α,β-unsaturated/α-hetero) is 1. The van der Waals surface area contributed by atoms with E-state index in [4.69, 9.17) is 34.0 Å². The van der Waals surface area contributed by atoms with Gasteiger partial charge in [-0.1, -0.05) is 76.2 Å². The van der Waals surface area contributed by atoms with Crippen molar-refractivity contribution < 1.29 is 62.8 Å². The van der Waals surface area contributed by atoms with Crippen LogP contribution in [0.1, 0.15) is 122 Å². The minimum atomic E-state index is -1.06. The van der Waals surface area contributed by atoms with Crippen molar-refractivity contribution in [2.45, 2.75) is 140 Å². The van der Waals surface area contributed by atoms with Crippen molar-refractivity contribution in [1.29, 1.82) is 0 Å². The zero-order chi connectivity index (χ0) is 49.9. The molecule has 62 heavy (non-hydrogen) atoms. The van der Waals surface area contributed by atoms with Gasteiger partial charge in [0, 0.05) is 82.4 Å². The molecule has 6 atom stereocenters. The van der Waals surface area contributed by atoms with Gasteiger partial charge in [-0.05, 0) is 58.6 Å². The number of carbonyl (C=O) groups is 6. The summed E-state index contributed by atoms with van der Waals surface area (Å²) < 4.78 is 14.2. The predicted molar refractivity (Wildman–Crippen MR) is 252 cm³/mol. The van der Waals surface area contributed by atoms with Crippen molar-refractivity contribution in [2.75, 3.05) is 77.8 Å². The largest absolute Gasteiger partial charge is 0.480 e. The lowest BCUT2D eigenvalue weighted by Crippen LogP contribution is -2.45. The van der Waals surface area contributed by atoms with Crippen LogP contribution in [0.25, 0.3) is 0 Å². The number of ketones is 1. The summed E-state index contributed by atoms with van der Waals surface area (Å²) in [6, 6.07) is -2.00. The molecule has 3 heterocycles. The number of carboxylic acid groups (broad SMARTS) is 2. The van der Waals surface area contributed by atoms with Gasteiger partial charge in [0.25, 0.3) is 0 Å². The highest BCUT2D eigenvalue weighted by Gasteiger charge is 2.25. The number of amides is 3. The van der Waals surface area contributed by atoms with E-state index >= 15 is 0 Å². The Morgan fingerprint density at radius 3 is 1.02 bits per heavy atom. The predicted octanol–water partition coefficient (Wildman–Crippen LogP) is 5.58. The first kappa shape index (κ1) is 73.3. The molecular weight excluding hydrogens is 845 g/mol. The maximum atomic E-state index is 11.8. The number of hydrogen-bond donors (Lipinski definition) is 6. The maximum absolute atomic E-state index is 11.8. The van der Waals surface area contributed by atoms with Gasteiger partial charge >= 0.3 is 18.1 Å². The van der Waals surface area contributed by atoms with Crippen LogP contribution in [0.2, 0.25) is 0 Å². The van der Waals surface area contributed by atoms with Crippen molar-refractivity contribution >= 4 is 65.1 Å². The van der Waals surface area contributed by atoms with Crippen LogP contribution in [0.4, 0.5) is 0 Å². The second-order valence-corrected chi connectivity index (χ2v) is 14.3. The first-order valence-electron chi connectivity index (χ1n) is 21.7. The zero-order valence-electron chi connectivity index (χ0n) is 41.1. The molecule has 3 unspecified atom stereocenters. The van der Waals surface area contributed by atoms with Crippen LogP contribution < -0.4 is 21.3 Å². The van der Waals surface area contributed by atoms with Crippen molar-refractivity contribution in [2.24, 2.45) is 17.8 Å². The summed E-state index contributed by atoms with van der Waals surface area (Å²) in [6.07, 6.45) is 9.39. The molecule has 6 N–H and O–H groups in total. The fourth-order valence-electron chi connectivity index (χ4n) is 3.09. The highest BCUT2D eigenvalue weighted by atomic mass is 32.2. The van der Waals surface area contributed by atoms with Gasteiger partial charge in [0.05, 0.1) is 6.04 Å². The lowest BCUT2D eigenvalue weighted by molar-refractivity contribution is -0.191. The Hall–Kier alpha value is -3.06. The van der Waals surface area contributed by atoms with Crippen molar-refractivity contribution in [3.05, 3.63) is 0 Å². The normalized spacial score (nSPS) is 14.7. The number of aliphatic carboxylic acids is 2. The molecule has 3 aliphatic heterocycles. The number of rotatable bonds is 17. The maximum Gasteiger partial charge on any atom is 0.373 e. The number of thioether (sulfide) groups is 2. The summed E-state index contributed by atoms with van der Waals surface area (Å²) in [5, 5.41) is 28.1. The highest BCUT2D eigenvalue weighted by molar-refractivity contribution is 7.98. The lowest BCUT2D eigenvalue weighted by Gasteiger charge is -2.18. The first-order valence-corrected chi connectivity index (χ1v) is 24.5. The SMILES string of the molecule is C1COC1.C1COC1.C1COC1.CC.CC.CC.CCC(C)C(=O)NC.CCC(C)C(=O)N[C@@H](CSC)C(=O)O.CN[C@@H](C)C(=O)CC(C)C(=O)N[C@@H](CSC)C(=O)O.O=C=O. The summed E-state index contributed by atoms with van der Waals surface area (Å²) >= 11 is 2.75. The molecule has 370 valence electrons. The van der Waals surface area contributed by atoms with E-state index in [9.17, 15) is 28.8 Å². The molecule has 0 aliphatic carbocycles. The van der Waals surface area contributed by atoms with Crippen LogP contribution in [0, 0.1) is 17.8 Å². The number of likely N-dealkylation sites (N-methyl/N-ethyl adjacent to an activating group) is 1. The Morgan fingerprint density at radius 2 is 0.839 bits per heavy atom. The molecular formula is C43H88N4O13S2. The van der Waals surface area contributed by atoms with Crippen LogP contribution in [0.15, 0.2) is 0 Å². The van der Waals surface area contributed by atoms with E-state index in [1.807, 2.05) is 68.6 Å². The second-order valence-electron chi connectivity index (χ2n) is 12.5. The molecule has 0 aromatic rings. The quantitative estimate of drug-likeness (QED) is 0.104. The molecule has 3 rings (SSSR count). The summed E-state index contributed by atoms with van der Waals surface area (Å²) in [7, 11) is 3.33. The van der Waals surface area contributed by atoms with Crippen LogP contribution in [0.5, 0.6) is 0 Å². The minimum absolute atomic E-state index is 0.0677. The van der Waals surface area contributed by atoms with Gasteiger partial charge in [0.2, 0.25) is 17.7 Å². The number of carboxylic acids is 2. The van der Waals surface area contributed by atoms with E-state index < -0.39 is 35.8 Å². The molecule has 3 amide bonds. The summed E-state index contributed by atoms with van der Waals surface area (Å²) in [4.78, 5) is 83.4. The Labute approximate surface area is 383 Å². The first-order chi connectivity index (χ1) is 29.5. The van der Waals surface area contributed by atoms with Gasteiger partial charge in [0.1, 0.15) is 17.9 Å². The molecule has 3 saturated heterocycles. The smallest absolute Gasteiger partial charge is 0.373 e. The molecule has 0 radical (unpaired) electrons. The standard InChI is InChI=1S/C12H22N2O4S.C9H17NO3S.C6H13NO.3C3H6O.3C2H6.CO2/c1-7(5-10(15)8(2)13-3)11(16)14-9(6-19-4)12(17)18;1-4-6(2)8(11)10-7(5-14-3)9(12)13;1-4-5(2)6(8)7-3;3*1-2-4-3-1;3*1-2;2-1-3/h7-9,13H,5-6H2,1-4H3,(H,14,16)(H,17,18);6-7H,4-5H2,1-3H3,(H,10,11)(H,12,13);5H,4H2,1-3H3,(H,7,8);3*1-3H2;3*1-2H3;/t7?,8-,9-;6?,7-;;;;;;;;/m00......../s1. The van der Waals surface area contributed by atoms with Crippen molar-refractivity contribution in [1.82, 2.24) is 21.3 Å². The Balaban J connectivity index is -0.000000122. The molecule has 0 spiro atoms. The van der Waals surface area contributed by atoms with Gasteiger partial charge in [-0.25, -0.2) is 9.59 Å². The van der Waals surface area contributed by atoms with Crippen LogP contribution in [-0.4, -0.2) is 148 Å². The second kappa shape index (κ2) is 57.9. The number of carbonyl (C=O) groups excluding carboxylic acids is 6. The Kier molecular flexibility index (Phi) is 68.5. The summed E-state index contributed by atoms with van der Waals surface area (Å²) in [5.74, 6) is -2.36. The van der Waals surface area contributed by atoms with Crippen LogP contribution in [-0.2, 0) is 52.6 Å². The average Bonchev–Trinajstić information content (AvgIpc) is 3.20. The zero-order valence-corrected chi connectivity index (χ0v) is 42.7. The Bertz CT molecular complexity index is 1060. The van der Waals surface area contributed by atoms with E-state index in [0.29, 0.717) is 11.5 Å². The topological polar surface area (TPSA) is 253 Å². The van der Waals surface area contributed by atoms with E-state index in [1.165, 1.54) is 42.8 Å². The number of hydrogen-bond acceptors (Lipinski definition) is 14. The summed E-state index contributed by atoms with van der Waals surface area (Å²) in [5.41, 5.74) is 0. The van der Waals surface area contributed by atoms with Gasteiger partial charge in [-0.3, -0.25) is 19.2 Å². The fourth-order valence-corrected chi connectivity index (χ4v) is 4.21. The van der Waals surface area contributed by atoms with Crippen molar-refractivity contribution in [3.63, 3.8) is 0 Å². The van der Waals surface area contributed by atoms with E-state index in [1.54, 1.807) is 41.1 Å². The lowest BCUT2D eigenvalue weighted by atomic mass is 10.00. The van der Waals surface area contributed by atoms with Crippen LogP contribution in [0.3, 0.4) is 0 Å². The highest BCUT2D eigenvalue weighted by Crippen LogP contribution is 2.07. The van der Waals surface area contributed by atoms with E-state index in [-0.39, 0.29) is 48.0 Å². The molecule has 0 saturated carbocycles. The average molecular weight is 933 g/mol. The third kappa shape index (κ3) is 51.3. The monoisotopic (exact) mass is 933 g/mol. The molecule has 19 heteroatoms. The number of ether oxygens (including phenoxy) is 3. The molecule has 0 bridgehead atoms. The Morgan fingerprint density at radius 1 is 0.581 bits per heavy atom. The van der Waals surface area contributed by atoms with Gasteiger partial charge < -0.3 is 45.7 Å². The molecule has 17 nitrogen and oxygen atoms in total. The molecule has 3 aliphatic rings. The van der Waals surface area contributed by atoms with Crippen LogP contribution >= 0.6 is 23.5 Å². The third-order valence-electron chi connectivity index (χ3n) is 7.87. The molecule has 0 aromatic carbocycles. The number of nitrogens with one attached hydrogen (secondary N) is 4. The van der Waals surface area contributed by atoms with Gasteiger partial charge in [0.15, 0.2) is 0 Å².